The number of nitrogens with zero attached hydrogens (tertiary/aromatic N) is 1. The third-order valence-corrected chi connectivity index (χ3v) is 3.16. The molecule has 1 aromatic heterocycles. The molecular formula is C14H14N2O2S. The van der Waals surface area contributed by atoms with Gasteiger partial charge in [0.2, 0.25) is 6.10 Å². The van der Waals surface area contributed by atoms with E-state index in [2.05, 4.69) is 10.5 Å². The van der Waals surface area contributed by atoms with Gasteiger partial charge >= 0.3 is 0 Å². The number of anilines is 1. The number of para-hydroxylation sites is 1. The number of thiophene rings is 1. The lowest BCUT2D eigenvalue weighted by atomic mass is 10.3. The van der Waals surface area contributed by atoms with E-state index in [9.17, 15) is 4.79 Å². The second-order valence-corrected chi connectivity index (χ2v) is 4.83. The smallest absolute Gasteiger partial charge is 0.267 e. The highest BCUT2D eigenvalue weighted by Gasteiger charge is 2.13. The van der Waals surface area contributed by atoms with Crippen molar-refractivity contribution < 1.29 is 9.63 Å². The molecule has 5 heteroatoms. The summed E-state index contributed by atoms with van der Waals surface area (Å²) in [6, 6.07) is 13.1. The Bertz CT molecular complexity index is 538. The zero-order chi connectivity index (χ0) is 13.5. The second-order valence-electron chi connectivity index (χ2n) is 3.85. The first-order valence-electron chi connectivity index (χ1n) is 5.84. The molecule has 19 heavy (non-hydrogen) atoms. The molecule has 4 nitrogen and oxygen atoms in total. The Morgan fingerprint density at radius 3 is 2.79 bits per heavy atom. The average molecular weight is 274 g/mol. The highest BCUT2D eigenvalue weighted by Crippen LogP contribution is 2.07. The third-order valence-electron chi connectivity index (χ3n) is 2.35. The van der Waals surface area contributed by atoms with Crippen LogP contribution < -0.4 is 5.32 Å². The summed E-state index contributed by atoms with van der Waals surface area (Å²) in [6.45, 7) is 1.66. The van der Waals surface area contributed by atoms with E-state index in [4.69, 9.17) is 4.84 Å². The Labute approximate surface area is 115 Å². The van der Waals surface area contributed by atoms with Crippen LogP contribution >= 0.6 is 11.3 Å². The van der Waals surface area contributed by atoms with Crippen molar-refractivity contribution in [1.29, 1.82) is 0 Å². The number of benzene rings is 1. The van der Waals surface area contributed by atoms with Crippen molar-refractivity contribution in [3.63, 3.8) is 0 Å². The van der Waals surface area contributed by atoms with Crippen molar-refractivity contribution in [2.75, 3.05) is 5.32 Å². The summed E-state index contributed by atoms with van der Waals surface area (Å²) in [5.74, 6) is -0.227. The molecular weight excluding hydrogens is 260 g/mol. The quantitative estimate of drug-likeness (QED) is 0.672. The minimum Gasteiger partial charge on any atom is -0.383 e. The maximum absolute atomic E-state index is 11.8. The molecule has 1 aromatic carbocycles. The van der Waals surface area contributed by atoms with E-state index in [1.165, 1.54) is 0 Å². The molecule has 0 spiro atoms. The van der Waals surface area contributed by atoms with Crippen LogP contribution in [0.25, 0.3) is 0 Å². The van der Waals surface area contributed by atoms with Gasteiger partial charge in [-0.2, -0.15) is 0 Å². The van der Waals surface area contributed by atoms with Gasteiger partial charge in [-0.1, -0.05) is 29.4 Å². The zero-order valence-electron chi connectivity index (χ0n) is 10.4. The summed E-state index contributed by atoms with van der Waals surface area (Å²) in [5.41, 5.74) is 0.741. The van der Waals surface area contributed by atoms with Crippen molar-refractivity contribution in [2.45, 2.75) is 13.0 Å². The Hall–Kier alpha value is -2.14. The highest BCUT2D eigenvalue weighted by atomic mass is 32.1. The normalized spacial score (nSPS) is 12.3. The molecule has 1 amide bonds. The summed E-state index contributed by atoms with van der Waals surface area (Å²) in [6.07, 6.45) is 0.952. The topological polar surface area (TPSA) is 50.7 Å². The van der Waals surface area contributed by atoms with E-state index in [1.807, 2.05) is 47.8 Å². The van der Waals surface area contributed by atoms with E-state index in [1.54, 1.807) is 24.5 Å². The molecule has 98 valence electrons. The van der Waals surface area contributed by atoms with Crippen molar-refractivity contribution in [3.05, 3.63) is 52.7 Å². The van der Waals surface area contributed by atoms with Gasteiger partial charge < -0.3 is 10.2 Å². The Morgan fingerprint density at radius 1 is 1.32 bits per heavy atom. The van der Waals surface area contributed by atoms with Crippen LogP contribution in [0.1, 0.15) is 11.8 Å². The van der Waals surface area contributed by atoms with Crippen LogP contribution in [0.3, 0.4) is 0 Å². The number of hydrogen-bond acceptors (Lipinski definition) is 4. The maximum Gasteiger partial charge on any atom is 0.267 e. The molecule has 0 saturated heterocycles. The molecule has 0 bridgehead atoms. The minimum absolute atomic E-state index is 0.227. The molecule has 1 heterocycles. The van der Waals surface area contributed by atoms with E-state index in [0.717, 1.165) is 10.6 Å². The standard InChI is InChI=1S/C14H14N2O2S/c1-11(18-15-10-13-8-5-9-19-13)14(17)16-12-6-3-2-4-7-12/h2-11H,1H3,(H,16,17)/b15-10+. The van der Waals surface area contributed by atoms with Crippen LogP contribution in [0.4, 0.5) is 5.69 Å². The van der Waals surface area contributed by atoms with Crippen molar-refractivity contribution in [3.8, 4) is 0 Å². The van der Waals surface area contributed by atoms with E-state index >= 15 is 0 Å². The summed E-state index contributed by atoms with van der Waals surface area (Å²) in [7, 11) is 0. The number of oxime groups is 1. The van der Waals surface area contributed by atoms with Gasteiger partial charge in [0.05, 0.1) is 6.21 Å². The minimum atomic E-state index is -0.642. The van der Waals surface area contributed by atoms with Gasteiger partial charge in [0.1, 0.15) is 0 Å². The molecule has 0 aliphatic rings. The molecule has 1 N–H and O–H groups in total. The van der Waals surface area contributed by atoms with E-state index in [-0.39, 0.29) is 5.91 Å². The van der Waals surface area contributed by atoms with Crippen LogP contribution in [0.2, 0.25) is 0 Å². The van der Waals surface area contributed by atoms with E-state index in [0.29, 0.717) is 0 Å². The Kier molecular flexibility index (Phi) is 4.69. The SMILES string of the molecule is CC(O/N=C/c1cccs1)C(=O)Nc1ccccc1. The molecule has 0 fully saturated rings. The zero-order valence-corrected chi connectivity index (χ0v) is 11.3. The summed E-state index contributed by atoms with van der Waals surface area (Å²) < 4.78 is 0. The molecule has 2 rings (SSSR count). The van der Waals surface area contributed by atoms with Gasteiger partial charge in [-0.15, -0.1) is 11.3 Å². The number of carbonyl (C=O) groups is 1. The average Bonchev–Trinajstić information content (AvgIpc) is 2.93. The summed E-state index contributed by atoms with van der Waals surface area (Å²) >= 11 is 1.56. The molecule has 1 unspecified atom stereocenters. The fourth-order valence-corrected chi connectivity index (χ4v) is 1.93. The second kappa shape index (κ2) is 6.70. The number of hydrogen-bond donors (Lipinski definition) is 1. The van der Waals surface area contributed by atoms with Gasteiger partial charge in [0.15, 0.2) is 0 Å². The Morgan fingerprint density at radius 2 is 2.11 bits per heavy atom. The highest BCUT2D eigenvalue weighted by molar-refractivity contribution is 7.11. The number of amides is 1. The molecule has 0 radical (unpaired) electrons. The predicted octanol–water partition coefficient (Wildman–Crippen LogP) is 3.13. The van der Waals surface area contributed by atoms with E-state index < -0.39 is 6.10 Å². The largest absolute Gasteiger partial charge is 0.383 e. The first-order chi connectivity index (χ1) is 9.25. The van der Waals surface area contributed by atoms with Crippen LogP contribution in [0, 0.1) is 0 Å². The number of nitrogens with one attached hydrogen (secondary N) is 1. The van der Waals surface area contributed by atoms with Gasteiger partial charge in [-0.05, 0) is 30.5 Å². The fourth-order valence-electron chi connectivity index (χ4n) is 1.35. The lowest BCUT2D eigenvalue weighted by Crippen LogP contribution is -2.26. The van der Waals surface area contributed by atoms with Crippen LogP contribution in [-0.2, 0) is 9.63 Å². The fraction of sp³-hybridized carbons (Fsp3) is 0.143. The summed E-state index contributed by atoms with van der Waals surface area (Å²) in [4.78, 5) is 17.9. The van der Waals surface area contributed by atoms with Crippen molar-refractivity contribution in [1.82, 2.24) is 0 Å². The first kappa shape index (κ1) is 13.3. The van der Waals surface area contributed by atoms with Crippen LogP contribution in [-0.4, -0.2) is 18.2 Å². The molecule has 0 aliphatic heterocycles. The van der Waals surface area contributed by atoms with Gasteiger partial charge in [-0.25, -0.2) is 0 Å². The number of carbonyl (C=O) groups excluding carboxylic acids is 1. The van der Waals surface area contributed by atoms with Crippen LogP contribution in [0.15, 0.2) is 53.0 Å². The lowest BCUT2D eigenvalue weighted by molar-refractivity contribution is -0.126. The molecule has 2 aromatic rings. The van der Waals surface area contributed by atoms with Gasteiger partial charge in [0, 0.05) is 10.6 Å². The molecule has 0 aliphatic carbocycles. The maximum atomic E-state index is 11.8. The lowest BCUT2D eigenvalue weighted by Gasteiger charge is -2.10. The molecule has 0 saturated carbocycles. The van der Waals surface area contributed by atoms with Gasteiger partial charge in [-0.3, -0.25) is 4.79 Å². The predicted molar refractivity (Wildman–Crippen MR) is 77.5 cm³/mol. The van der Waals surface area contributed by atoms with Crippen molar-refractivity contribution >= 4 is 29.1 Å². The Balaban J connectivity index is 1.83. The van der Waals surface area contributed by atoms with Crippen LogP contribution in [0.5, 0.6) is 0 Å². The third kappa shape index (κ3) is 4.22. The van der Waals surface area contributed by atoms with Gasteiger partial charge in [0.25, 0.3) is 5.91 Å². The summed E-state index contributed by atoms with van der Waals surface area (Å²) in [5, 5.41) is 8.50. The number of rotatable bonds is 5. The van der Waals surface area contributed by atoms with Crippen molar-refractivity contribution in [2.24, 2.45) is 5.16 Å². The first-order valence-corrected chi connectivity index (χ1v) is 6.72. The molecule has 1 atom stereocenters. The monoisotopic (exact) mass is 274 g/mol.